The van der Waals surface area contributed by atoms with Gasteiger partial charge >= 0.3 is 0 Å². The lowest BCUT2D eigenvalue weighted by molar-refractivity contribution is -0.385. The third kappa shape index (κ3) is 3.53. The van der Waals surface area contributed by atoms with E-state index in [1.807, 2.05) is 24.3 Å². The minimum atomic E-state index is -0.476. The first kappa shape index (κ1) is 19.7. The highest BCUT2D eigenvalue weighted by molar-refractivity contribution is 7.99. The number of aryl methyl sites for hydroxylation is 1. The molecule has 3 aromatic rings. The highest BCUT2D eigenvalue weighted by atomic mass is 32.2. The summed E-state index contributed by atoms with van der Waals surface area (Å²) < 4.78 is 0. The summed E-state index contributed by atoms with van der Waals surface area (Å²) in [7, 11) is 1.72. The van der Waals surface area contributed by atoms with Crippen LogP contribution >= 0.6 is 11.8 Å². The quantitative estimate of drug-likeness (QED) is 0.482. The Labute approximate surface area is 176 Å². The molecule has 0 aromatic heterocycles. The maximum Gasteiger partial charge on any atom is 0.272 e. The number of carbonyl (C=O) groups is 2. The second-order valence-corrected chi connectivity index (χ2v) is 7.94. The Bertz CT molecular complexity index is 1210. The number of nitrogens with zero attached hydrogens (tertiary/aromatic N) is 2. The minimum Gasteiger partial charge on any atom is -0.322 e. The Balaban J connectivity index is 1.63. The number of carbonyl (C=O) groups excluding carboxylic acids is 2. The van der Waals surface area contributed by atoms with Gasteiger partial charge in [0.1, 0.15) is 0 Å². The lowest BCUT2D eigenvalue weighted by Crippen LogP contribution is -2.26. The van der Waals surface area contributed by atoms with E-state index in [0.717, 1.165) is 15.5 Å². The SMILES string of the molecule is Cc1cc(C(=O)Nc2ccc3c(c2)Sc2ccccc2C(=O)N3C)ccc1[N+](=O)[O-]. The third-order valence-electron chi connectivity index (χ3n) is 4.88. The predicted octanol–water partition coefficient (Wildman–Crippen LogP) is 4.90. The van der Waals surface area contributed by atoms with Gasteiger partial charge in [0.05, 0.1) is 16.2 Å². The molecule has 0 spiro atoms. The van der Waals surface area contributed by atoms with Gasteiger partial charge < -0.3 is 10.2 Å². The van der Waals surface area contributed by atoms with Crippen molar-refractivity contribution in [3.05, 3.63) is 87.5 Å². The van der Waals surface area contributed by atoms with E-state index in [1.54, 1.807) is 37.1 Å². The van der Waals surface area contributed by atoms with Crippen LogP contribution in [0.25, 0.3) is 0 Å². The van der Waals surface area contributed by atoms with Gasteiger partial charge in [-0.1, -0.05) is 23.9 Å². The molecule has 1 aliphatic heterocycles. The first-order chi connectivity index (χ1) is 14.3. The van der Waals surface area contributed by atoms with Crippen LogP contribution in [-0.4, -0.2) is 23.8 Å². The Kier molecular flexibility index (Phi) is 5.01. The van der Waals surface area contributed by atoms with Gasteiger partial charge in [0.15, 0.2) is 0 Å². The monoisotopic (exact) mass is 419 g/mol. The number of nitro groups is 1. The van der Waals surface area contributed by atoms with Crippen LogP contribution in [-0.2, 0) is 0 Å². The molecule has 0 radical (unpaired) electrons. The van der Waals surface area contributed by atoms with E-state index < -0.39 is 4.92 Å². The van der Waals surface area contributed by atoms with Crippen LogP contribution in [0.5, 0.6) is 0 Å². The van der Waals surface area contributed by atoms with Crippen molar-refractivity contribution < 1.29 is 14.5 Å². The van der Waals surface area contributed by atoms with Crippen LogP contribution < -0.4 is 10.2 Å². The molecule has 7 nitrogen and oxygen atoms in total. The summed E-state index contributed by atoms with van der Waals surface area (Å²) in [5.74, 6) is -0.452. The number of anilines is 2. The van der Waals surface area contributed by atoms with Gasteiger partial charge in [0.2, 0.25) is 0 Å². The standard InChI is InChI=1S/C22H17N3O4S/c1-13-11-14(7-9-17(13)25(28)29)21(26)23-15-8-10-18-20(12-15)30-19-6-4-3-5-16(19)22(27)24(18)2/h3-12H,1-2H3,(H,23,26). The van der Waals surface area contributed by atoms with Crippen molar-refractivity contribution in [2.24, 2.45) is 0 Å². The topological polar surface area (TPSA) is 92.6 Å². The normalized spacial score (nSPS) is 12.6. The lowest BCUT2D eigenvalue weighted by Gasteiger charge is -2.18. The average molecular weight is 419 g/mol. The molecule has 0 atom stereocenters. The zero-order valence-electron chi connectivity index (χ0n) is 16.2. The fourth-order valence-electron chi connectivity index (χ4n) is 3.30. The van der Waals surface area contributed by atoms with Crippen LogP contribution in [0.2, 0.25) is 0 Å². The number of nitrogens with one attached hydrogen (secondary N) is 1. The summed E-state index contributed by atoms with van der Waals surface area (Å²) in [4.78, 5) is 39.2. The molecule has 1 N–H and O–H groups in total. The molecule has 0 aliphatic carbocycles. The predicted molar refractivity (Wildman–Crippen MR) is 116 cm³/mol. The summed E-state index contributed by atoms with van der Waals surface area (Å²) in [6.07, 6.45) is 0. The Morgan fingerprint density at radius 3 is 2.57 bits per heavy atom. The van der Waals surface area contributed by atoms with Crippen molar-refractivity contribution in [2.45, 2.75) is 16.7 Å². The van der Waals surface area contributed by atoms with E-state index in [-0.39, 0.29) is 17.5 Å². The smallest absolute Gasteiger partial charge is 0.272 e. The molecule has 0 fully saturated rings. The molecule has 8 heteroatoms. The minimum absolute atomic E-state index is 0.0284. The summed E-state index contributed by atoms with van der Waals surface area (Å²) in [5.41, 5.74) is 2.68. The zero-order valence-corrected chi connectivity index (χ0v) is 17.0. The number of fused-ring (bicyclic) bond motifs is 2. The first-order valence-corrected chi connectivity index (χ1v) is 9.92. The van der Waals surface area contributed by atoms with E-state index in [0.29, 0.717) is 22.4 Å². The summed E-state index contributed by atoms with van der Waals surface area (Å²) in [6, 6.07) is 17.0. The van der Waals surface area contributed by atoms with Crippen LogP contribution in [0.4, 0.5) is 17.1 Å². The van der Waals surface area contributed by atoms with Crippen LogP contribution in [0.1, 0.15) is 26.3 Å². The first-order valence-electron chi connectivity index (χ1n) is 9.10. The fourth-order valence-corrected chi connectivity index (χ4v) is 4.44. The second kappa shape index (κ2) is 7.64. The van der Waals surface area contributed by atoms with Crippen LogP contribution in [0.15, 0.2) is 70.5 Å². The Hall–Kier alpha value is -3.65. The van der Waals surface area contributed by atoms with Gasteiger partial charge in [-0.3, -0.25) is 19.7 Å². The number of hydrogen-bond donors (Lipinski definition) is 1. The van der Waals surface area contributed by atoms with Gasteiger partial charge in [0, 0.05) is 39.7 Å². The number of benzene rings is 3. The maximum absolute atomic E-state index is 12.7. The molecule has 2 amide bonds. The molecule has 150 valence electrons. The Morgan fingerprint density at radius 1 is 1.07 bits per heavy atom. The molecule has 1 aliphatic rings. The van der Waals surface area contributed by atoms with E-state index in [4.69, 9.17) is 0 Å². The molecule has 0 saturated carbocycles. The van der Waals surface area contributed by atoms with Gasteiger partial charge in [-0.2, -0.15) is 0 Å². The van der Waals surface area contributed by atoms with E-state index in [2.05, 4.69) is 5.32 Å². The molecule has 0 unspecified atom stereocenters. The molecule has 0 bridgehead atoms. The summed E-state index contributed by atoms with van der Waals surface area (Å²) in [6.45, 7) is 1.60. The lowest BCUT2D eigenvalue weighted by atomic mass is 10.1. The van der Waals surface area contributed by atoms with Gasteiger partial charge in [-0.15, -0.1) is 0 Å². The number of hydrogen-bond acceptors (Lipinski definition) is 5. The molecule has 3 aromatic carbocycles. The molecule has 4 rings (SSSR count). The molecular formula is C22H17N3O4S. The van der Waals surface area contributed by atoms with Gasteiger partial charge in [0.25, 0.3) is 17.5 Å². The molecular weight excluding hydrogens is 402 g/mol. The largest absolute Gasteiger partial charge is 0.322 e. The van der Waals surface area contributed by atoms with E-state index in [1.165, 1.54) is 30.0 Å². The van der Waals surface area contributed by atoms with Crippen molar-refractivity contribution in [1.82, 2.24) is 0 Å². The number of amides is 2. The Morgan fingerprint density at radius 2 is 1.83 bits per heavy atom. The highest BCUT2D eigenvalue weighted by Gasteiger charge is 2.25. The average Bonchev–Trinajstić information content (AvgIpc) is 2.82. The van der Waals surface area contributed by atoms with Gasteiger partial charge in [-0.05, 0) is 49.4 Å². The van der Waals surface area contributed by atoms with Crippen LogP contribution in [0, 0.1) is 17.0 Å². The van der Waals surface area contributed by atoms with Crippen molar-refractivity contribution >= 4 is 40.6 Å². The third-order valence-corrected chi connectivity index (χ3v) is 6.00. The summed E-state index contributed by atoms with van der Waals surface area (Å²) >= 11 is 1.47. The molecule has 0 saturated heterocycles. The number of rotatable bonds is 3. The molecule has 30 heavy (non-hydrogen) atoms. The van der Waals surface area contributed by atoms with Crippen molar-refractivity contribution in [3.8, 4) is 0 Å². The van der Waals surface area contributed by atoms with E-state index >= 15 is 0 Å². The van der Waals surface area contributed by atoms with Crippen molar-refractivity contribution in [2.75, 3.05) is 17.3 Å². The fraction of sp³-hybridized carbons (Fsp3) is 0.0909. The van der Waals surface area contributed by atoms with Crippen LogP contribution in [0.3, 0.4) is 0 Å². The van der Waals surface area contributed by atoms with E-state index in [9.17, 15) is 19.7 Å². The maximum atomic E-state index is 12.7. The highest BCUT2D eigenvalue weighted by Crippen LogP contribution is 2.42. The summed E-state index contributed by atoms with van der Waals surface area (Å²) in [5, 5.41) is 13.8. The van der Waals surface area contributed by atoms with Crippen molar-refractivity contribution in [3.63, 3.8) is 0 Å². The molecule has 1 heterocycles. The number of nitro benzene ring substituents is 1. The second-order valence-electron chi connectivity index (χ2n) is 6.86. The van der Waals surface area contributed by atoms with Crippen molar-refractivity contribution in [1.29, 1.82) is 0 Å². The van der Waals surface area contributed by atoms with Gasteiger partial charge in [-0.25, -0.2) is 0 Å². The zero-order chi connectivity index (χ0) is 21.4.